The van der Waals surface area contributed by atoms with Gasteiger partial charge < -0.3 is 29.6 Å². The van der Waals surface area contributed by atoms with Crippen LogP contribution in [0.15, 0.2) is 21.1 Å². The number of amides is 2. The number of nitrogens with zero attached hydrogens (tertiary/aromatic N) is 2. The van der Waals surface area contributed by atoms with Crippen molar-refractivity contribution in [2.24, 2.45) is 0 Å². The molecule has 0 radical (unpaired) electrons. The van der Waals surface area contributed by atoms with Crippen molar-refractivity contribution in [3.05, 3.63) is 22.9 Å². The van der Waals surface area contributed by atoms with Crippen LogP contribution in [0.2, 0.25) is 5.22 Å². The average molecular weight is 383 g/mol. The van der Waals surface area contributed by atoms with Gasteiger partial charge in [0.25, 0.3) is 5.91 Å². The Kier molecular flexibility index (Phi) is 5.36. The maximum Gasteiger partial charge on any atom is 0.409 e. The van der Waals surface area contributed by atoms with Gasteiger partial charge in [-0.3, -0.25) is 4.79 Å². The van der Waals surface area contributed by atoms with E-state index in [0.29, 0.717) is 32.5 Å². The van der Waals surface area contributed by atoms with Crippen LogP contribution in [0.3, 0.4) is 0 Å². The molecule has 26 heavy (non-hydrogen) atoms. The summed E-state index contributed by atoms with van der Waals surface area (Å²) in [7, 11) is 0. The second-order valence-corrected chi connectivity index (χ2v) is 6.18. The number of nitrogen functional groups attached to an aromatic ring is 1. The number of piperidine rings is 1. The summed E-state index contributed by atoms with van der Waals surface area (Å²) in [4.78, 5) is 26.0. The monoisotopic (exact) mass is 382 g/mol. The Hall–Kier alpha value is -2.68. The van der Waals surface area contributed by atoms with Gasteiger partial charge in [-0.25, -0.2) is 4.79 Å². The van der Waals surface area contributed by atoms with Gasteiger partial charge in [-0.2, -0.15) is 0 Å². The first kappa shape index (κ1) is 18.1. The zero-order valence-corrected chi connectivity index (χ0v) is 14.9. The van der Waals surface area contributed by atoms with Crippen LogP contribution in [-0.4, -0.2) is 47.8 Å². The van der Waals surface area contributed by atoms with Crippen molar-refractivity contribution >= 4 is 29.5 Å². The highest BCUT2D eigenvalue weighted by atomic mass is 35.5. The maximum atomic E-state index is 12.6. The number of likely N-dealkylation sites (tertiary alicyclic amines) is 1. The molecule has 1 saturated heterocycles. The van der Waals surface area contributed by atoms with E-state index in [0.717, 1.165) is 0 Å². The molecule has 3 rings (SSSR count). The van der Waals surface area contributed by atoms with Crippen molar-refractivity contribution in [3.63, 3.8) is 0 Å². The van der Waals surface area contributed by atoms with Crippen molar-refractivity contribution in [2.75, 3.05) is 25.4 Å². The summed E-state index contributed by atoms with van der Waals surface area (Å²) < 4.78 is 15.2. The Labute approximate surface area is 154 Å². The number of carbonyl (C=O) groups is 2. The number of halogens is 1. The Bertz CT molecular complexity index is 794. The third kappa shape index (κ3) is 3.77. The summed E-state index contributed by atoms with van der Waals surface area (Å²) in [6.07, 6.45) is 0.882. The first-order chi connectivity index (χ1) is 12.5. The Morgan fingerprint density at radius 3 is 2.77 bits per heavy atom. The van der Waals surface area contributed by atoms with E-state index in [9.17, 15) is 9.59 Å². The molecule has 0 atom stereocenters. The molecule has 0 saturated carbocycles. The molecule has 1 aliphatic heterocycles. The predicted molar refractivity (Wildman–Crippen MR) is 92.7 cm³/mol. The van der Waals surface area contributed by atoms with Crippen molar-refractivity contribution in [3.8, 4) is 11.5 Å². The summed E-state index contributed by atoms with van der Waals surface area (Å²) in [5.74, 6) is -0.229. The van der Waals surface area contributed by atoms with Crippen LogP contribution in [0.1, 0.15) is 30.1 Å². The molecular formula is C16H19ClN4O5. The third-order valence-corrected chi connectivity index (χ3v) is 4.31. The second kappa shape index (κ2) is 7.69. The Balaban J connectivity index is 1.65. The van der Waals surface area contributed by atoms with Crippen LogP contribution < -0.4 is 11.1 Å². The van der Waals surface area contributed by atoms with E-state index in [1.54, 1.807) is 17.9 Å². The molecule has 1 fully saturated rings. The number of nitrogens with one attached hydrogen (secondary N) is 1. The summed E-state index contributed by atoms with van der Waals surface area (Å²) in [5.41, 5.74) is 6.04. The standard InChI is InChI=1S/C16H19ClN4O5/c1-2-24-16(23)21-7-5-9(6-8-21)19-15(22)12-13(20-26-14(12)18)10-3-4-11(17)25-10/h3-4,9H,2,5-8,18H2,1H3,(H,19,22). The van der Waals surface area contributed by atoms with E-state index in [-0.39, 0.29) is 40.3 Å². The van der Waals surface area contributed by atoms with E-state index in [2.05, 4.69) is 10.5 Å². The summed E-state index contributed by atoms with van der Waals surface area (Å²) in [6.45, 7) is 3.10. The van der Waals surface area contributed by atoms with Crippen LogP contribution in [0.4, 0.5) is 10.7 Å². The number of hydrogen-bond acceptors (Lipinski definition) is 7. The van der Waals surface area contributed by atoms with E-state index < -0.39 is 5.91 Å². The van der Waals surface area contributed by atoms with Crippen LogP contribution >= 0.6 is 11.6 Å². The number of carbonyl (C=O) groups excluding carboxylic acids is 2. The second-order valence-electron chi connectivity index (χ2n) is 5.81. The first-order valence-electron chi connectivity index (χ1n) is 8.23. The van der Waals surface area contributed by atoms with Gasteiger partial charge >= 0.3 is 6.09 Å². The molecule has 0 bridgehead atoms. The lowest BCUT2D eigenvalue weighted by atomic mass is 10.0. The van der Waals surface area contributed by atoms with Crippen LogP contribution in [0.25, 0.3) is 11.5 Å². The van der Waals surface area contributed by atoms with E-state index in [1.807, 2.05) is 0 Å². The van der Waals surface area contributed by atoms with Crippen LogP contribution in [-0.2, 0) is 4.74 Å². The molecule has 140 valence electrons. The lowest BCUT2D eigenvalue weighted by Gasteiger charge is -2.31. The number of aromatic nitrogens is 1. The van der Waals surface area contributed by atoms with Gasteiger partial charge in [0.2, 0.25) is 5.88 Å². The van der Waals surface area contributed by atoms with Gasteiger partial charge in [-0.1, -0.05) is 5.16 Å². The van der Waals surface area contributed by atoms with Gasteiger partial charge in [0.05, 0.1) is 6.61 Å². The highest BCUT2D eigenvalue weighted by Crippen LogP contribution is 2.30. The summed E-state index contributed by atoms with van der Waals surface area (Å²) in [6, 6.07) is 3.01. The molecule has 3 heterocycles. The largest absolute Gasteiger partial charge is 0.450 e. The average Bonchev–Trinajstić information content (AvgIpc) is 3.21. The van der Waals surface area contributed by atoms with Crippen molar-refractivity contribution < 1.29 is 23.3 Å². The number of ether oxygens (including phenoxy) is 1. The topological polar surface area (TPSA) is 124 Å². The molecular weight excluding hydrogens is 364 g/mol. The SMILES string of the molecule is CCOC(=O)N1CCC(NC(=O)c2c(-c3ccc(Cl)o3)noc2N)CC1. The lowest BCUT2D eigenvalue weighted by Crippen LogP contribution is -2.46. The zero-order valence-electron chi connectivity index (χ0n) is 14.2. The van der Waals surface area contributed by atoms with E-state index in [4.69, 9.17) is 31.0 Å². The van der Waals surface area contributed by atoms with E-state index in [1.165, 1.54) is 6.07 Å². The highest BCUT2D eigenvalue weighted by molar-refractivity contribution is 6.29. The fraction of sp³-hybridized carbons (Fsp3) is 0.438. The first-order valence-corrected chi connectivity index (χ1v) is 8.60. The number of anilines is 1. The molecule has 1 aliphatic rings. The highest BCUT2D eigenvalue weighted by Gasteiger charge is 2.29. The Morgan fingerprint density at radius 2 is 2.15 bits per heavy atom. The van der Waals surface area contributed by atoms with Crippen LogP contribution in [0, 0.1) is 0 Å². The lowest BCUT2D eigenvalue weighted by molar-refractivity contribution is 0.0860. The molecule has 0 aliphatic carbocycles. The molecule has 10 heteroatoms. The van der Waals surface area contributed by atoms with Crippen molar-refractivity contribution in [1.82, 2.24) is 15.4 Å². The van der Waals surface area contributed by atoms with Crippen LogP contribution in [0.5, 0.6) is 0 Å². The molecule has 0 aromatic carbocycles. The summed E-state index contributed by atoms with van der Waals surface area (Å²) in [5, 5.41) is 6.85. The fourth-order valence-electron chi connectivity index (χ4n) is 2.81. The maximum absolute atomic E-state index is 12.6. The molecule has 2 aromatic rings. The quantitative estimate of drug-likeness (QED) is 0.832. The van der Waals surface area contributed by atoms with Gasteiger partial charge in [-0.15, -0.1) is 0 Å². The molecule has 2 aromatic heterocycles. The van der Waals surface area contributed by atoms with Crippen molar-refractivity contribution in [1.29, 1.82) is 0 Å². The van der Waals surface area contributed by atoms with Gasteiger partial charge in [0.15, 0.2) is 16.7 Å². The van der Waals surface area contributed by atoms with E-state index >= 15 is 0 Å². The minimum absolute atomic E-state index is 0.101. The number of nitrogens with two attached hydrogens (primary N) is 1. The van der Waals surface area contributed by atoms with Gasteiger partial charge in [0.1, 0.15) is 5.56 Å². The smallest absolute Gasteiger partial charge is 0.409 e. The number of furan rings is 1. The van der Waals surface area contributed by atoms with Gasteiger partial charge in [0, 0.05) is 19.1 Å². The molecule has 0 unspecified atom stereocenters. The van der Waals surface area contributed by atoms with Gasteiger partial charge in [-0.05, 0) is 43.5 Å². The fourth-order valence-corrected chi connectivity index (χ4v) is 2.96. The minimum Gasteiger partial charge on any atom is -0.450 e. The van der Waals surface area contributed by atoms with Crippen molar-refractivity contribution in [2.45, 2.75) is 25.8 Å². The zero-order chi connectivity index (χ0) is 18.7. The number of hydrogen-bond donors (Lipinski definition) is 2. The molecule has 0 spiro atoms. The predicted octanol–water partition coefficient (Wildman–Crippen LogP) is 2.52. The molecule has 3 N–H and O–H groups in total. The molecule has 2 amide bonds. The number of rotatable bonds is 4. The molecule has 9 nitrogen and oxygen atoms in total. The normalized spacial score (nSPS) is 15.1. The summed E-state index contributed by atoms with van der Waals surface area (Å²) >= 11 is 5.77. The minimum atomic E-state index is -0.416. The Morgan fingerprint density at radius 1 is 1.42 bits per heavy atom. The third-order valence-electron chi connectivity index (χ3n) is 4.11.